The van der Waals surface area contributed by atoms with Crippen molar-refractivity contribution in [3.8, 4) is 11.8 Å². The van der Waals surface area contributed by atoms with E-state index in [0.717, 1.165) is 23.5 Å². The van der Waals surface area contributed by atoms with Crippen LogP contribution in [0.4, 0.5) is 11.6 Å². The fourth-order valence-electron chi connectivity index (χ4n) is 2.42. The lowest BCUT2D eigenvalue weighted by molar-refractivity contribution is 0.441. The fourth-order valence-corrected chi connectivity index (χ4v) is 2.42. The molecule has 8 nitrogen and oxygen atoms in total. The molecular weight excluding hydrogens is 306 g/mol. The smallest absolute Gasteiger partial charge is 0.324 e. The molecule has 2 N–H and O–H groups in total. The number of nitrogens with zero attached hydrogens (tertiary/aromatic N) is 5. The number of rotatable bonds is 4. The summed E-state index contributed by atoms with van der Waals surface area (Å²) in [6.07, 6.45) is 1.85. The van der Waals surface area contributed by atoms with E-state index in [2.05, 4.69) is 35.7 Å². The molecule has 1 aliphatic heterocycles. The Hall–Kier alpha value is -3.29. The zero-order chi connectivity index (χ0) is 16.5. The maximum atomic E-state index is 5.81. The highest BCUT2D eigenvalue weighted by Crippen LogP contribution is 2.25. The van der Waals surface area contributed by atoms with E-state index < -0.39 is 0 Å². The van der Waals surface area contributed by atoms with Crippen molar-refractivity contribution in [2.24, 2.45) is 4.99 Å². The van der Waals surface area contributed by atoms with Gasteiger partial charge in [-0.1, -0.05) is 6.07 Å². The van der Waals surface area contributed by atoms with Crippen LogP contribution >= 0.6 is 0 Å². The molecule has 0 aliphatic carbocycles. The van der Waals surface area contributed by atoms with E-state index >= 15 is 0 Å². The van der Waals surface area contributed by atoms with Gasteiger partial charge in [-0.3, -0.25) is 4.99 Å². The monoisotopic (exact) mass is 321 g/mol. The molecule has 0 radical (unpaired) electrons. The Morgan fingerprint density at radius 3 is 2.88 bits per heavy atom. The van der Waals surface area contributed by atoms with Crippen LogP contribution in [0.2, 0.25) is 0 Å². The molecule has 120 valence electrons. The van der Waals surface area contributed by atoms with Crippen LogP contribution in [-0.4, -0.2) is 31.6 Å². The normalized spacial score (nSPS) is 12.2. The summed E-state index contributed by atoms with van der Waals surface area (Å²) in [5.74, 6) is 1.89. The lowest BCUT2D eigenvalue weighted by atomic mass is 10.1. The highest BCUT2D eigenvalue weighted by molar-refractivity contribution is 5.85. The fraction of sp³-hybridized carbons (Fsp3) is 0.188. The number of fused-ring (bicyclic) bond motifs is 1. The number of aromatic nitrogens is 5. The molecule has 3 aromatic rings. The van der Waals surface area contributed by atoms with Gasteiger partial charge in [0, 0.05) is 23.5 Å². The van der Waals surface area contributed by atoms with Gasteiger partial charge in [-0.05, 0) is 31.5 Å². The number of aromatic amines is 1. The summed E-state index contributed by atoms with van der Waals surface area (Å²) >= 11 is 0. The van der Waals surface area contributed by atoms with Crippen molar-refractivity contribution in [3.63, 3.8) is 0 Å². The molecular formula is C16H15N7O. The Morgan fingerprint density at radius 1 is 1.12 bits per heavy atom. The number of nitrogens with one attached hydrogen (secondary N) is 2. The van der Waals surface area contributed by atoms with E-state index in [1.165, 1.54) is 5.56 Å². The minimum atomic E-state index is 0.272. The highest BCUT2D eigenvalue weighted by Gasteiger charge is 2.11. The Kier molecular flexibility index (Phi) is 3.42. The quantitative estimate of drug-likeness (QED) is 0.766. The van der Waals surface area contributed by atoms with Crippen LogP contribution in [0.25, 0.3) is 0 Å². The molecule has 0 fully saturated rings. The van der Waals surface area contributed by atoms with Gasteiger partial charge in [-0.15, -0.1) is 5.10 Å². The van der Waals surface area contributed by atoms with E-state index in [1.54, 1.807) is 0 Å². The van der Waals surface area contributed by atoms with Gasteiger partial charge in [0.1, 0.15) is 17.3 Å². The number of H-pyrrole nitrogens is 1. The van der Waals surface area contributed by atoms with E-state index in [4.69, 9.17) is 4.74 Å². The average Bonchev–Trinajstić information content (AvgIpc) is 3.16. The van der Waals surface area contributed by atoms with Crippen molar-refractivity contribution < 1.29 is 4.74 Å². The van der Waals surface area contributed by atoms with E-state index in [1.807, 2.05) is 44.3 Å². The third-order valence-corrected chi connectivity index (χ3v) is 3.62. The first-order valence-electron chi connectivity index (χ1n) is 7.48. The molecule has 1 aliphatic rings. The number of hydrogen-bond donors (Lipinski definition) is 2. The van der Waals surface area contributed by atoms with Crippen LogP contribution in [0.5, 0.6) is 11.8 Å². The average molecular weight is 321 g/mol. The van der Waals surface area contributed by atoms with Crippen molar-refractivity contribution in [3.05, 3.63) is 46.8 Å². The Morgan fingerprint density at radius 2 is 2.04 bits per heavy atom. The molecule has 0 unspecified atom stereocenters. The summed E-state index contributed by atoms with van der Waals surface area (Å²) < 4.78 is 5.81. The van der Waals surface area contributed by atoms with Gasteiger partial charge >= 0.3 is 6.01 Å². The molecule has 0 saturated heterocycles. The number of ether oxygens (including phenoxy) is 1. The van der Waals surface area contributed by atoms with Gasteiger partial charge < -0.3 is 10.1 Å². The molecule has 1 aromatic carbocycles. The van der Waals surface area contributed by atoms with Crippen LogP contribution in [0.1, 0.15) is 22.5 Å². The van der Waals surface area contributed by atoms with Crippen molar-refractivity contribution in [1.29, 1.82) is 0 Å². The predicted octanol–water partition coefficient (Wildman–Crippen LogP) is 2.68. The first kappa shape index (κ1) is 14.3. The van der Waals surface area contributed by atoms with E-state index in [0.29, 0.717) is 17.4 Å². The molecule has 2 aromatic heterocycles. The van der Waals surface area contributed by atoms with Gasteiger partial charge in [0.15, 0.2) is 5.82 Å². The topological polar surface area (TPSA) is 101 Å². The molecule has 0 atom stereocenters. The van der Waals surface area contributed by atoms with Crippen LogP contribution in [-0.2, 0) is 6.54 Å². The second kappa shape index (κ2) is 5.73. The molecule has 3 heterocycles. The summed E-state index contributed by atoms with van der Waals surface area (Å²) in [6, 6.07) is 7.93. The van der Waals surface area contributed by atoms with Gasteiger partial charge in [-0.25, -0.2) is 4.98 Å². The molecule has 0 spiro atoms. The van der Waals surface area contributed by atoms with Crippen LogP contribution in [0.3, 0.4) is 0 Å². The summed E-state index contributed by atoms with van der Waals surface area (Å²) in [5, 5.41) is 13.7. The van der Waals surface area contributed by atoms with Crippen molar-refractivity contribution in [2.75, 3.05) is 5.32 Å². The lowest BCUT2D eigenvalue weighted by Gasteiger charge is -2.09. The summed E-state index contributed by atoms with van der Waals surface area (Å²) in [5.41, 5.74) is 3.80. The third kappa shape index (κ3) is 2.81. The summed E-state index contributed by atoms with van der Waals surface area (Å²) in [4.78, 5) is 12.9. The molecule has 8 heteroatoms. The Bertz CT molecular complexity index is 932. The minimum absolute atomic E-state index is 0.272. The summed E-state index contributed by atoms with van der Waals surface area (Å²) in [6.45, 7) is 4.45. The maximum absolute atomic E-state index is 5.81. The number of hydrogen-bond acceptors (Lipinski definition) is 7. The highest BCUT2D eigenvalue weighted by atomic mass is 16.5. The minimum Gasteiger partial charge on any atom is -0.424 e. The van der Waals surface area contributed by atoms with Crippen LogP contribution in [0, 0.1) is 13.8 Å². The largest absolute Gasteiger partial charge is 0.424 e. The van der Waals surface area contributed by atoms with Crippen molar-refractivity contribution in [1.82, 2.24) is 25.4 Å². The standard InChI is InChI=1S/C16H15N7O/c1-9-5-14(19-15-10(2)21-23-22-15)20-16(18-9)24-13-4-3-11-7-17-8-12(11)6-13/h3-6,8H,7H2,1-2H3,(H2,18,19,20,21,22,23). The van der Waals surface area contributed by atoms with Crippen LogP contribution in [0.15, 0.2) is 29.3 Å². The number of benzene rings is 1. The van der Waals surface area contributed by atoms with Gasteiger partial charge in [-0.2, -0.15) is 15.3 Å². The molecule has 0 bridgehead atoms. The number of aliphatic imine (C=N–C) groups is 1. The molecule has 24 heavy (non-hydrogen) atoms. The zero-order valence-electron chi connectivity index (χ0n) is 13.2. The van der Waals surface area contributed by atoms with Crippen LogP contribution < -0.4 is 10.1 Å². The predicted molar refractivity (Wildman–Crippen MR) is 89.0 cm³/mol. The van der Waals surface area contributed by atoms with E-state index in [-0.39, 0.29) is 6.01 Å². The van der Waals surface area contributed by atoms with E-state index in [9.17, 15) is 0 Å². The first-order valence-corrected chi connectivity index (χ1v) is 7.48. The van der Waals surface area contributed by atoms with Gasteiger partial charge in [0.05, 0.1) is 6.54 Å². The van der Waals surface area contributed by atoms with Gasteiger partial charge in [0.25, 0.3) is 0 Å². The Balaban J connectivity index is 1.59. The summed E-state index contributed by atoms with van der Waals surface area (Å²) in [7, 11) is 0. The number of aryl methyl sites for hydroxylation is 2. The van der Waals surface area contributed by atoms with Crippen molar-refractivity contribution >= 4 is 17.9 Å². The zero-order valence-corrected chi connectivity index (χ0v) is 13.2. The SMILES string of the molecule is Cc1cc(Nc2n[nH]nc2C)nc(Oc2ccc3c(c2)C=NC3)n1. The third-order valence-electron chi connectivity index (χ3n) is 3.62. The lowest BCUT2D eigenvalue weighted by Crippen LogP contribution is -2.01. The first-order chi connectivity index (χ1) is 11.7. The number of anilines is 2. The second-order valence-corrected chi connectivity index (χ2v) is 5.49. The Labute approximate surface area is 138 Å². The molecule has 4 rings (SSSR count). The van der Waals surface area contributed by atoms with Crippen molar-refractivity contribution in [2.45, 2.75) is 20.4 Å². The molecule has 0 saturated carbocycles. The second-order valence-electron chi connectivity index (χ2n) is 5.49. The van der Waals surface area contributed by atoms with Gasteiger partial charge in [0.2, 0.25) is 0 Å². The molecule has 0 amide bonds. The maximum Gasteiger partial charge on any atom is 0.324 e.